The van der Waals surface area contributed by atoms with Crippen molar-refractivity contribution in [1.29, 1.82) is 0 Å². The van der Waals surface area contributed by atoms with Gasteiger partial charge in [-0.2, -0.15) is 0 Å². The highest BCUT2D eigenvalue weighted by Gasteiger charge is 2.23. The monoisotopic (exact) mass is 418 g/mol. The molecule has 0 atom stereocenters. The lowest BCUT2D eigenvalue weighted by Crippen LogP contribution is -2.50. The maximum absolute atomic E-state index is 11.8. The standard InChI is InChI=1S/C20H30N6O2S/c1-3-21-18(24-15-9-13-26(14-10-15)20(27)28-4-2)22-11-12-23-19-25-16-7-5-6-8-17(16)29-19/h5-8,15H,3-4,9-14H2,1-2H3,(H,23,25)(H2,21,22,24). The molecule has 1 amide bonds. The number of nitrogens with one attached hydrogen (secondary N) is 3. The number of hydrogen-bond donors (Lipinski definition) is 3. The Morgan fingerprint density at radius 2 is 2.10 bits per heavy atom. The summed E-state index contributed by atoms with van der Waals surface area (Å²) in [6, 6.07) is 8.43. The molecule has 2 aromatic rings. The Morgan fingerprint density at radius 1 is 1.31 bits per heavy atom. The normalized spacial score (nSPS) is 15.4. The van der Waals surface area contributed by atoms with Gasteiger partial charge in [-0.25, -0.2) is 9.78 Å². The van der Waals surface area contributed by atoms with Crippen molar-refractivity contribution in [3.63, 3.8) is 0 Å². The number of nitrogens with zero attached hydrogens (tertiary/aromatic N) is 3. The maximum atomic E-state index is 11.8. The lowest BCUT2D eigenvalue weighted by Gasteiger charge is -2.32. The Kier molecular flexibility index (Phi) is 7.92. The van der Waals surface area contributed by atoms with Crippen LogP contribution in [-0.2, 0) is 4.74 Å². The molecule has 1 aromatic heterocycles. The summed E-state index contributed by atoms with van der Waals surface area (Å²) < 4.78 is 6.26. The molecule has 1 aromatic carbocycles. The number of thiazole rings is 1. The molecule has 0 spiro atoms. The van der Waals surface area contributed by atoms with Crippen LogP contribution in [0.2, 0.25) is 0 Å². The number of hydrogen-bond acceptors (Lipinski definition) is 6. The molecular formula is C20H30N6O2S. The number of carbonyl (C=O) groups is 1. The molecule has 0 unspecified atom stereocenters. The Bertz CT molecular complexity index is 783. The second-order valence-electron chi connectivity index (χ2n) is 6.78. The first kappa shape index (κ1) is 21.2. The van der Waals surface area contributed by atoms with E-state index in [9.17, 15) is 4.79 Å². The number of piperidine rings is 1. The SMILES string of the molecule is CCNC(=NCCNc1nc2ccccc2s1)NC1CCN(C(=O)OCC)CC1. The number of aliphatic imine (C=N–C) groups is 1. The van der Waals surface area contributed by atoms with Gasteiger partial charge in [0.15, 0.2) is 11.1 Å². The predicted octanol–water partition coefficient (Wildman–Crippen LogP) is 2.88. The van der Waals surface area contributed by atoms with Crippen molar-refractivity contribution in [1.82, 2.24) is 20.5 Å². The number of likely N-dealkylation sites (tertiary alicyclic amines) is 1. The van der Waals surface area contributed by atoms with Crippen molar-refractivity contribution in [2.75, 3.05) is 44.6 Å². The van der Waals surface area contributed by atoms with Gasteiger partial charge in [-0.15, -0.1) is 0 Å². The third-order valence-electron chi connectivity index (χ3n) is 4.66. The molecule has 1 saturated heterocycles. The van der Waals surface area contributed by atoms with E-state index in [1.54, 1.807) is 16.2 Å². The van der Waals surface area contributed by atoms with Crippen molar-refractivity contribution in [2.45, 2.75) is 32.7 Å². The van der Waals surface area contributed by atoms with Crippen LogP contribution in [0.25, 0.3) is 10.2 Å². The van der Waals surface area contributed by atoms with Gasteiger partial charge in [0.25, 0.3) is 0 Å². The van der Waals surface area contributed by atoms with Gasteiger partial charge in [0, 0.05) is 32.2 Å². The summed E-state index contributed by atoms with van der Waals surface area (Å²) in [4.78, 5) is 22.8. The van der Waals surface area contributed by atoms with Gasteiger partial charge >= 0.3 is 6.09 Å². The fraction of sp³-hybridized carbons (Fsp3) is 0.550. The molecule has 3 N–H and O–H groups in total. The number of aromatic nitrogens is 1. The Balaban J connectivity index is 1.44. The van der Waals surface area contributed by atoms with E-state index in [-0.39, 0.29) is 6.09 Å². The summed E-state index contributed by atoms with van der Waals surface area (Å²) >= 11 is 1.66. The average Bonchev–Trinajstić information content (AvgIpc) is 3.15. The van der Waals surface area contributed by atoms with Gasteiger partial charge in [-0.05, 0) is 38.8 Å². The molecule has 158 valence electrons. The zero-order valence-electron chi connectivity index (χ0n) is 17.1. The van der Waals surface area contributed by atoms with Crippen LogP contribution in [0, 0.1) is 0 Å². The van der Waals surface area contributed by atoms with Crippen LogP contribution in [0.15, 0.2) is 29.3 Å². The van der Waals surface area contributed by atoms with Gasteiger partial charge in [0.2, 0.25) is 0 Å². The summed E-state index contributed by atoms with van der Waals surface area (Å²) in [7, 11) is 0. The summed E-state index contributed by atoms with van der Waals surface area (Å²) in [5.41, 5.74) is 1.02. The van der Waals surface area contributed by atoms with Crippen LogP contribution >= 0.6 is 11.3 Å². The van der Waals surface area contributed by atoms with Crippen LogP contribution in [0.3, 0.4) is 0 Å². The number of rotatable bonds is 7. The zero-order chi connectivity index (χ0) is 20.5. The van der Waals surface area contributed by atoms with E-state index in [2.05, 4.69) is 38.9 Å². The summed E-state index contributed by atoms with van der Waals surface area (Å²) in [5, 5.41) is 11.1. The molecule has 0 bridgehead atoms. The molecule has 1 aliphatic rings. The third-order valence-corrected chi connectivity index (χ3v) is 5.65. The minimum atomic E-state index is -0.215. The van der Waals surface area contributed by atoms with E-state index in [0.29, 0.717) is 32.3 Å². The fourth-order valence-corrected chi connectivity index (χ4v) is 4.10. The van der Waals surface area contributed by atoms with Gasteiger partial charge in [-0.3, -0.25) is 4.99 Å². The Labute approximate surface area is 175 Å². The first-order valence-corrected chi connectivity index (χ1v) is 11.1. The van der Waals surface area contributed by atoms with Crippen LogP contribution in [-0.4, -0.2) is 67.3 Å². The molecule has 9 heteroatoms. The highest BCUT2D eigenvalue weighted by Crippen LogP contribution is 2.24. The molecule has 8 nitrogen and oxygen atoms in total. The van der Waals surface area contributed by atoms with Crippen LogP contribution in [0.1, 0.15) is 26.7 Å². The topological polar surface area (TPSA) is 90.9 Å². The number of ether oxygens (including phenoxy) is 1. The fourth-order valence-electron chi connectivity index (χ4n) is 3.21. The predicted molar refractivity (Wildman–Crippen MR) is 119 cm³/mol. The molecule has 0 radical (unpaired) electrons. The van der Waals surface area contributed by atoms with Crippen LogP contribution < -0.4 is 16.0 Å². The van der Waals surface area contributed by atoms with E-state index in [1.807, 2.05) is 25.1 Å². The average molecular weight is 419 g/mol. The van der Waals surface area contributed by atoms with Gasteiger partial charge in [-0.1, -0.05) is 23.5 Å². The summed E-state index contributed by atoms with van der Waals surface area (Å²) in [6.07, 6.45) is 1.55. The first-order chi connectivity index (χ1) is 14.2. The number of amides is 1. The number of guanidine groups is 1. The van der Waals surface area contributed by atoms with Crippen molar-refractivity contribution >= 4 is 38.7 Å². The summed E-state index contributed by atoms with van der Waals surface area (Å²) in [6.45, 7) is 7.88. The maximum Gasteiger partial charge on any atom is 0.409 e. The molecular weight excluding hydrogens is 388 g/mol. The van der Waals surface area contributed by atoms with Crippen LogP contribution in [0.4, 0.5) is 9.93 Å². The van der Waals surface area contributed by atoms with E-state index in [0.717, 1.165) is 42.5 Å². The highest BCUT2D eigenvalue weighted by molar-refractivity contribution is 7.22. The van der Waals surface area contributed by atoms with E-state index in [4.69, 9.17) is 4.74 Å². The molecule has 0 aliphatic carbocycles. The van der Waals surface area contributed by atoms with E-state index in [1.165, 1.54) is 4.70 Å². The molecule has 1 aliphatic heterocycles. The lowest BCUT2D eigenvalue weighted by atomic mass is 10.1. The van der Waals surface area contributed by atoms with E-state index < -0.39 is 0 Å². The van der Waals surface area contributed by atoms with Crippen LogP contribution in [0.5, 0.6) is 0 Å². The van der Waals surface area contributed by atoms with Crippen molar-refractivity contribution < 1.29 is 9.53 Å². The van der Waals surface area contributed by atoms with Gasteiger partial charge in [0.1, 0.15) is 0 Å². The third kappa shape index (κ3) is 6.22. The van der Waals surface area contributed by atoms with Gasteiger partial charge < -0.3 is 25.6 Å². The highest BCUT2D eigenvalue weighted by atomic mass is 32.1. The van der Waals surface area contributed by atoms with Crippen molar-refractivity contribution in [2.24, 2.45) is 4.99 Å². The molecule has 1 fully saturated rings. The minimum Gasteiger partial charge on any atom is -0.450 e. The molecule has 2 heterocycles. The number of carbonyl (C=O) groups excluding carboxylic acids is 1. The first-order valence-electron chi connectivity index (χ1n) is 10.3. The second-order valence-corrected chi connectivity index (χ2v) is 7.81. The smallest absolute Gasteiger partial charge is 0.409 e. The molecule has 0 saturated carbocycles. The quantitative estimate of drug-likeness (QED) is 0.364. The lowest BCUT2D eigenvalue weighted by molar-refractivity contribution is 0.0963. The van der Waals surface area contributed by atoms with E-state index >= 15 is 0 Å². The molecule has 3 rings (SSSR count). The van der Waals surface area contributed by atoms with Gasteiger partial charge in [0.05, 0.1) is 23.4 Å². The number of anilines is 1. The minimum absolute atomic E-state index is 0.215. The zero-order valence-corrected chi connectivity index (χ0v) is 17.9. The van der Waals surface area contributed by atoms with Crippen molar-refractivity contribution in [3.8, 4) is 0 Å². The number of benzene rings is 1. The summed E-state index contributed by atoms with van der Waals surface area (Å²) in [5.74, 6) is 0.813. The number of fused-ring (bicyclic) bond motifs is 1. The van der Waals surface area contributed by atoms with Crippen molar-refractivity contribution in [3.05, 3.63) is 24.3 Å². The second kappa shape index (κ2) is 10.8. The Morgan fingerprint density at radius 3 is 2.83 bits per heavy atom. The molecule has 29 heavy (non-hydrogen) atoms. The number of para-hydroxylation sites is 1. The Hall–Kier alpha value is -2.55. The largest absolute Gasteiger partial charge is 0.450 e.